The average Bonchev–Trinajstić information content (AvgIpc) is 2.58. The van der Waals surface area contributed by atoms with Crippen LogP contribution in [0.15, 0.2) is 24.3 Å². The third-order valence-corrected chi connectivity index (χ3v) is 2.42. The second-order valence-corrected chi connectivity index (χ2v) is 3.26. The van der Waals surface area contributed by atoms with E-state index in [2.05, 4.69) is 4.98 Å². The molecule has 0 atom stereocenters. The zero-order chi connectivity index (χ0) is 9.97. The van der Waals surface area contributed by atoms with Crippen LogP contribution in [0.2, 0.25) is 0 Å². The highest BCUT2D eigenvalue weighted by molar-refractivity contribution is 5.84. The standard InChI is InChI=1S/C11H13NO2/c13-6-5-9-8-3-1-2-4-10(8)12-11(9)7-14/h1-4,12-14H,5-7H2. The summed E-state index contributed by atoms with van der Waals surface area (Å²) in [6.07, 6.45) is 0.583. The van der Waals surface area contributed by atoms with Crippen LogP contribution in [0.5, 0.6) is 0 Å². The number of aliphatic hydroxyl groups excluding tert-OH is 2. The summed E-state index contributed by atoms with van der Waals surface area (Å²) >= 11 is 0. The van der Waals surface area contributed by atoms with Crippen LogP contribution in [0.3, 0.4) is 0 Å². The monoisotopic (exact) mass is 191 g/mol. The van der Waals surface area contributed by atoms with Crippen molar-refractivity contribution in [2.75, 3.05) is 6.61 Å². The molecular formula is C11H13NO2. The molecule has 0 radical (unpaired) electrons. The Morgan fingerprint density at radius 1 is 1.14 bits per heavy atom. The highest BCUT2D eigenvalue weighted by Crippen LogP contribution is 2.22. The van der Waals surface area contributed by atoms with Gasteiger partial charge in [-0.25, -0.2) is 0 Å². The first-order valence-electron chi connectivity index (χ1n) is 4.67. The van der Waals surface area contributed by atoms with Crippen molar-refractivity contribution in [3.63, 3.8) is 0 Å². The van der Waals surface area contributed by atoms with Crippen LogP contribution >= 0.6 is 0 Å². The minimum Gasteiger partial charge on any atom is -0.396 e. The lowest BCUT2D eigenvalue weighted by atomic mass is 10.1. The lowest BCUT2D eigenvalue weighted by molar-refractivity contribution is 0.272. The van der Waals surface area contributed by atoms with Crippen molar-refractivity contribution >= 4 is 10.9 Å². The molecule has 0 bridgehead atoms. The van der Waals surface area contributed by atoms with Crippen molar-refractivity contribution in [3.8, 4) is 0 Å². The smallest absolute Gasteiger partial charge is 0.0834 e. The third-order valence-electron chi connectivity index (χ3n) is 2.42. The van der Waals surface area contributed by atoms with E-state index < -0.39 is 0 Å². The summed E-state index contributed by atoms with van der Waals surface area (Å²) in [5.74, 6) is 0. The van der Waals surface area contributed by atoms with Gasteiger partial charge in [0.25, 0.3) is 0 Å². The second kappa shape index (κ2) is 3.82. The van der Waals surface area contributed by atoms with E-state index in [0.717, 1.165) is 22.2 Å². The van der Waals surface area contributed by atoms with Gasteiger partial charge < -0.3 is 15.2 Å². The van der Waals surface area contributed by atoms with Crippen molar-refractivity contribution in [1.82, 2.24) is 4.98 Å². The first-order valence-corrected chi connectivity index (χ1v) is 4.67. The van der Waals surface area contributed by atoms with Gasteiger partial charge in [-0.3, -0.25) is 0 Å². The zero-order valence-electron chi connectivity index (χ0n) is 7.83. The fourth-order valence-corrected chi connectivity index (χ4v) is 1.79. The van der Waals surface area contributed by atoms with Gasteiger partial charge >= 0.3 is 0 Å². The van der Waals surface area contributed by atoms with Gasteiger partial charge in [0.1, 0.15) is 0 Å². The number of aromatic nitrogens is 1. The summed E-state index contributed by atoms with van der Waals surface area (Å²) in [4.78, 5) is 3.14. The maximum Gasteiger partial charge on any atom is 0.0834 e. The first kappa shape index (κ1) is 9.24. The van der Waals surface area contributed by atoms with E-state index in [-0.39, 0.29) is 13.2 Å². The van der Waals surface area contributed by atoms with Crippen molar-refractivity contribution in [1.29, 1.82) is 0 Å². The van der Waals surface area contributed by atoms with E-state index in [1.807, 2.05) is 24.3 Å². The Hall–Kier alpha value is -1.32. The van der Waals surface area contributed by atoms with E-state index >= 15 is 0 Å². The van der Waals surface area contributed by atoms with Gasteiger partial charge in [0, 0.05) is 23.2 Å². The SMILES string of the molecule is OCCc1c(CO)[nH]c2ccccc12. The number of aromatic amines is 1. The Balaban J connectivity index is 2.61. The summed E-state index contributed by atoms with van der Waals surface area (Å²) in [6.45, 7) is 0.0961. The topological polar surface area (TPSA) is 56.2 Å². The predicted molar refractivity (Wildman–Crippen MR) is 55.0 cm³/mol. The number of aliphatic hydroxyl groups is 2. The number of benzene rings is 1. The largest absolute Gasteiger partial charge is 0.396 e. The van der Waals surface area contributed by atoms with E-state index in [0.29, 0.717) is 6.42 Å². The van der Waals surface area contributed by atoms with E-state index in [1.165, 1.54) is 0 Å². The quantitative estimate of drug-likeness (QED) is 0.682. The molecule has 14 heavy (non-hydrogen) atoms. The number of nitrogens with one attached hydrogen (secondary N) is 1. The van der Waals surface area contributed by atoms with Crippen molar-refractivity contribution in [2.24, 2.45) is 0 Å². The van der Waals surface area contributed by atoms with Crippen LogP contribution in [-0.4, -0.2) is 21.8 Å². The van der Waals surface area contributed by atoms with Gasteiger partial charge in [-0.2, -0.15) is 0 Å². The molecule has 0 fully saturated rings. The van der Waals surface area contributed by atoms with Gasteiger partial charge in [0.15, 0.2) is 0 Å². The lowest BCUT2D eigenvalue weighted by Gasteiger charge is -1.98. The molecule has 0 saturated heterocycles. The fourth-order valence-electron chi connectivity index (χ4n) is 1.79. The molecule has 2 rings (SSSR count). The third kappa shape index (κ3) is 1.41. The van der Waals surface area contributed by atoms with Crippen LogP contribution in [0.4, 0.5) is 0 Å². The number of rotatable bonds is 3. The molecule has 0 aliphatic carbocycles. The number of hydrogen-bond acceptors (Lipinski definition) is 2. The van der Waals surface area contributed by atoms with Gasteiger partial charge in [-0.15, -0.1) is 0 Å². The number of H-pyrrole nitrogens is 1. The summed E-state index contributed by atoms with van der Waals surface area (Å²) in [6, 6.07) is 7.87. The molecule has 0 aliphatic rings. The summed E-state index contributed by atoms with van der Waals surface area (Å²) in [5, 5.41) is 19.1. The van der Waals surface area contributed by atoms with Gasteiger partial charge in [0.05, 0.1) is 6.61 Å². The Morgan fingerprint density at radius 3 is 2.64 bits per heavy atom. The molecule has 74 valence electrons. The number of hydrogen-bond donors (Lipinski definition) is 3. The first-order chi connectivity index (χ1) is 6.86. The Kier molecular flexibility index (Phi) is 2.52. The molecule has 1 heterocycles. The van der Waals surface area contributed by atoms with E-state index in [1.54, 1.807) is 0 Å². The van der Waals surface area contributed by atoms with Crippen LogP contribution in [-0.2, 0) is 13.0 Å². The van der Waals surface area contributed by atoms with Crippen LogP contribution in [0, 0.1) is 0 Å². The molecule has 1 aromatic carbocycles. The minimum atomic E-state index is -0.00991. The molecule has 1 aromatic heterocycles. The molecule has 3 heteroatoms. The Morgan fingerprint density at radius 2 is 1.93 bits per heavy atom. The van der Waals surface area contributed by atoms with Crippen molar-refractivity contribution in [3.05, 3.63) is 35.5 Å². The van der Waals surface area contributed by atoms with Crippen molar-refractivity contribution < 1.29 is 10.2 Å². The summed E-state index contributed by atoms with van der Waals surface area (Å²) in [5.41, 5.74) is 2.84. The molecule has 3 nitrogen and oxygen atoms in total. The molecular weight excluding hydrogens is 178 g/mol. The molecule has 0 amide bonds. The Bertz CT molecular complexity index is 434. The van der Waals surface area contributed by atoms with Crippen LogP contribution < -0.4 is 0 Å². The molecule has 0 aliphatic heterocycles. The lowest BCUT2D eigenvalue weighted by Crippen LogP contribution is -1.95. The van der Waals surface area contributed by atoms with Crippen LogP contribution in [0.1, 0.15) is 11.3 Å². The van der Waals surface area contributed by atoms with Gasteiger partial charge in [-0.1, -0.05) is 18.2 Å². The highest BCUT2D eigenvalue weighted by Gasteiger charge is 2.08. The molecule has 0 saturated carbocycles. The van der Waals surface area contributed by atoms with Gasteiger partial charge in [0.2, 0.25) is 0 Å². The van der Waals surface area contributed by atoms with E-state index in [4.69, 9.17) is 10.2 Å². The van der Waals surface area contributed by atoms with Gasteiger partial charge in [-0.05, 0) is 18.1 Å². The van der Waals surface area contributed by atoms with E-state index in [9.17, 15) is 0 Å². The number of fused-ring (bicyclic) bond motifs is 1. The fraction of sp³-hybridized carbons (Fsp3) is 0.273. The average molecular weight is 191 g/mol. The summed E-state index contributed by atoms with van der Waals surface area (Å²) in [7, 11) is 0. The summed E-state index contributed by atoms with van der Waals surface area (Å²) < 4.78 is 0. The highest BCUT2D eigenvalue weighted by atomic mass is 16.3. The Labute approximate surface area is 82.0 Å². The number of para-hydroxylation sites is 1. The van der Waals surface area contributed by atoms with Crippen molar-refractivity contribution in [2.45, 2.75) is 13.0 Å². The normalized spacial score (nSPS) is 11.0. The zero-order valence-corrected chi connectivity index (χ0v) is 7.83. The predicted octanol–water partition coefficient (Wildman–Crippen LogP) is 1.20. The maximum atomic E-state index is 9.13. The molecule has 3 N–H and O–H groups in total. The van der Waals surface area contributed by atoms with Crippen LogP contribution in [0.25, 0.3) is 10.9 Å². The molecule has 2 aromatic rings. The minimum absolute atomic E-state index is 0.00991. The second-order valence-electron chi connectivity index (χ2n) is 3.26. The molecule has 0 spiro atoms. The molecule has 0 unspecified atom stereocenters. The maximum absolute atomic E-state index is 9.13.